The number of amides is 2. The number of carbonyl (C=O) groups is 2. The first-order chi connectivity index (χ1) is 18.2. The lowest BCUT2D eigenvalue weighted by Gasteiger charge is -2.33. The van der Waals surface area contributed by atoms with Gasteiger partial charge < -0.3 is 10.2 Å². The van der Waals surface area contributed by atoms with Gasteiger partial charge >= 0.3 is 0 Å². The van der Waals surface area contributed by atoms with Gasteiger partial charge in [0.2, 0.25) is 11.8 Å². The van der Waals surface area contributed by atoms with Crippen LogP contribution < -0.4 is 9.62 Å². The molecule has 208 valence electrons. The highest BCUT2D eigenvalue weighted by Gasteiger charge is 2.33. The first-order valence-corrected chi connectivity index (χ1v) is 15.4. The number of sulfonamides is 1. The van der Waals surface area contributed by atoms with E-state index in [1.807, 2.05) is 52.0 Å². The lowest BCUT2D eigenvalue weighted by atomic mass is 10.1. The van der Waals surface area contributed by atoms with Crippen molar-refractivity contribution in [3.63, 3.8) is 0 Å². The number of anilines is 1. The van der Waals surface area contributed by atoms with Crippen LogP contribution in [0.5, 0.6) is 0 Å². The van der Waals surface area contributed by atoms with Crippen LogP contribution in [0, 0.1) is 6.92 Å². The zero-order chi connectivity index (χ0) is 29.0. The summed E-state index contributed by atoms with van der Waals surface area (Å²) in [6.07, 6.45) is 0. The van der Waals surface area contributed by atoms with Crippen molar-refractivity contribution in [1.82, 2.24) is 10.2 Å². The number of hydrogen-bond donors (Lipinski definition) is 1. The van der Waals surface area contributed by atoms with E-state index in [0.717, 1.165) is 19.9 Å². The van der Waals surface area contributed by atoms with Gasteiger partial charge in [-0.1, -0.05) is 67.8 Å². The predicted octanol–water partition coefficient (Wildman–Crippen LogP) is 6.05. The Bertz CT molecular complexity index is 1420. The minimum absolute atomic E-state index is 0.0684. The molecular formula is C29H33Br2N3O4S. The van der Waals surface area contributed by atoms with Crippen LogP contribution in [0.2, 0.25) is 0 Å². The monoisotopic (exact) mass is 677 g/mol. The molecule has 0 aromatic heterocycles. The molecule has 0 aliphatic rings. The van der Waals surface area contributed by atoms with Crippen molar-refractivity contribution in [2.24, 2.45) is 0 Å². The van der Waals surface area contributed by atoms with Crippen LogP contribution in [0.25, 0.3) is 0 Å². The molecule has 0 bridgehead atoms. The number of nitrogens with zero attached hydrogens (tertiary/aromatic N) is 2. The van der Waals surface area contributed by atoms with E-state index in [-0.39, 0.29) is 17.3 Å². The lowest BCUT2D eigenvalue weighted by Crippen LogP contribution is -2.54. The van der Waals surface area contributed by atoms with Gasteiger partial charge in [-0.25, -0.2) is 8.42 Å². The molecule has 0 spiro atoms. The molecule has 1 N–H and O–H groups in total. The molecule has 1 atom stereocenters. The normalized spacial score (nSPS) is 12.5. The Balaban J connectivity index is 2.03. The zero-order valence-electron chi connectivity index (χ0n) is 22.6. The van der Waals surface area contributed by atoms with Gasteiger partial charge in [0.15, 0.2) is 0 Å². The number of hydrogen-bond acceptors (Lipinski definition) is 4. The van der Waals surface area contributed by atoms with Crippen molar-refractivity contribution in [3.8, 4) is 0 Å². The van der Waals surface area contributed by atoms with Crippen LogP contribution in [-0.4, -0.2) is 43.3 Å². The third-order valence-electron chi connectivity index (χ3n) is 5.92. The van der Waals surface area contributed by atoms with Gasteiger partial charge in [0.05, 0.1) is 10.6 Å². The van der Waals surface area contributed by atoms with E-state index < -0.39 is 34.1 Å². The molecule has 0 aliphatic heterocycles. The molecule has 0 heterocycles. The topological polar surface area (TPSA) is 86.8 Å². The average molecular weight is 679 g/mol. The van der Waals surface area contributed by atoms with E-state index in [1.165, 1.54) is 17.0 Å². The molecular weight excluding hydrogens is 646 g/mol. The Labute approximate surface area is 247 Å². The van der Waals surface area contributed by atoms with E-state index >= 15 is 0 Å². The van der Waals surface area contributed by atoms with Crippen LogP contribution in [0.3, 0.4) is 0 Å². The molecule has 0 unspecified atom stereocenters. The Morgan fingerprint density at radius 3 is 2.10 bits per heavy atom. The molecule has 2 amide bonds. The van der Waals surface area contributed by atoms with Crippen LogP contribution in [0.1, 0.15) is 38.8 Å². The quantitative estimate of drug-likeness (QED) is 0.299. The van der Waals surface area contributed by atoms with Crippen LogP contribution in [-0.2, 0) is 26.2 Å². The summed E-state index contributed by atoms with van der Waals surface area (Å²) in [6, 6.07) is 19.8. The van der Waals surface area contributed by atoms with E-state index in [4.69, 9.17) is 0 Å². The van der Waals surface area contributed by atoms with Gasteiger partial charge in [-0.05, 0) is 82.6 Å². The van der Waals surface area contributed by atoms with Crippen molar-refractivity contribution in [2.75, 3.05) is 10.8 Å². The summed E-state index contributed by atoms with van der Waals surface area (Å²) in [5, 5.41) is 2.92. The van der Waals surface area contributed by atoms with Gasteiger partial charge in [0, 0.05) is 21.0 Å². The summed E-state index contributed by atoms with van der Waals surface area (Å²) in [7, 11) is -4.11. The second-order valence-corrected chi connectivity index (χ2v) is 14.1. The molecule has 0 radical (unpaired) electrons. The zero-order valence-corrected chi connectivity index (χ0v) is 26.6. The number of aryl methyl sites for hydroxylation is 1. The van der Waals surface area contributed by atoms with Gasteiger partial charge in [0.25, 0.3) is 10.0 Å². The minimum atomic E-state index is -4.11. The highest BCUT2D eigenvalue weighted by Crippen LogP contribution is 2.27. The van der Waals surface area contributed by atoms with Crippen LogP contribution >= 0.6 is 31.9 Å². The highest BCUT2D eigenvalue weighted by atomic mass is 79.9. The lowest BCUT2D eigenvalue weighted by molar-refractivity contribution is -0.140. The van der Waals surface area contributed by atoms with Gasteiger partial charge in [-0.2, -0.15) is 0 Å². The highest BCUT2D eigenvalue weighted by molar-refractivity contribution is 9.10. The Kier molecular flexibility index (Phi) is 10.0. The molecule has 3 aromatic carbocycles. The minimum Gasteiger partial charge on any atom is -0.350 e. The van der Waals surface area contributed by atoms with Gasteiger partial charge in [-0.3, -0.25) is 13.9 Å². The molecule has 10 heteroatoms. The first kappa shape index (κ1) is 30.8. The van der Waals surface area contributed by atoms with E-state index in [9.17, 15) is 18.0 Å². The Hall–Kier alpha value is -2.69. The maximum atomic E-state index is 13.9. The third-order valence-corrected chi connectivity index (χ3v) is 8.73. The molecule has 3 rings (SSSR count). The second kappa shape index (κ2) is 12.7. The van der Waals surface area contributed by atoms with Gasteiger partial charge in [0.1, 0.15) is 12.6 Å². The number of benzene rings is 3. The third kappa shape index (κ3) is 8.40. The number of rotatable bonds is 9. The summed E-state index contributed by atoms with van der Waals surface area (Å²) >= 11 is 6.82. The van der Waals surface area contributed by atoms with E-state index in [2.05, 4.69) is 37.2 Å². The molecule has 39 heavy (non-hydrogen) atoms. The summed E-state index contributed by atoms with van der Waals surface area (Å²) in [4.78, 5) is 28.6. The summed E-state index contributed by atoms with van der Waals surface area (Å²) in [6.45, 7) is 8.74. The van der Waals surface area contributed by atoms with Crippen molar-refractivity contribution in [2.45, 2.75) is 57.6 Å². The Morgan fingerprint density at radius 1 is 0.923 bits per heavy atom. The fraction of sp³-hybridized carbons (Fsp3) is 0.310. The summed E-state index contributed by atoms with van der Waals surface area (Å²) in [5.41, 5.74) is 1.54. The SMILES string of the molecule is Cc1ccc(S(=O)(=O)N(CC(=O)N(Cc2ccc(Br)cc2)[C@H](C)C(=O)NC(C)(C)C)c2cccc(Br)c2)cc1. The molecule has 0 saturated carbocycles. The fourth-order valence-corrected chi connectivity index (χ4v) is 5.90. The maximum absolute atomic E-state index is 13.9. The molecule has 0 fully saturated rings. The maximum Gasteiger partial charge on any atom is 0.264 e. The number of halogens is 2. The largest absolute Gasteiger partial charge is 0.350 e. The number of nitrogens with one attached hydrogen (secondary N) is 1. The fourth-order valence-electron chi connectivity index (χ4n) is 3.84. The van der Waals surface area contributed by atoms with Crippen molar-refractivity contribution in [1.29, 1.82) is 0 Å². The smallest absolute Gasteiger partial charge is 0.264 e. The molecule has 0 saturated heterocycles. The Morgan fingerprint density at radius 2 is 1.54 bits per heavy atom. The molecule has 7 nitrogen and oxygen atoms in total. The van der Waals surface area contributed by atoms with Crippen molar-refractivity contribution < 1.29 is 18.0 Å². The van der Waals surface area contributed by atoms with Crippen LogP contribution in [0.15, 0.2) is 86.6 Å². The molecule has 0 aliphatic carbocycles. The van der Waals surface area contributed by atoms with Gasteiger partial charge in [-0.15, -0.1) is 0 Å². The molecule has 3 aromatic rings. The first-order valence-electron chi connectivity index (χ1n) is 12.4. The second-order valence-electron chi connectivity index (χ2n) is 10.4. The standard InChI is InChI=1S/C29H33Br2N3O4S/c1-20-9-15-26(16-10-20)39(37,38)34(25-8-6-7-24(31)17-25)19-27(35)33(18-22-11-13-23(30)14-12-22)21(2)28(36)32-29(3,4)5/h6-17,21H,18-19H2,1-5H3,(H,32,36)/t21-/m1/s1. The number of carbonyl (C=O) groups excluding carboxylic acids is 2. The van der Waals surface area contributed by atoms with Crippen molar-refractivity contribution in [3.05, 3.63) is 92.9 Å². The summed E-state index contributed by atoms with van der Waals surface area (Å²) in [5.74, 6) is -0.839. The average Bonchev–Trinajstić information content (AvgIpc) is 2.85. The van der Waals surface area contributed by atoms with E-state index in [1.54, 1.807) is 43.3 Å². The summed E-state index contributed by atoms with van der Waals surface area (Å²) < 4.78 is 30.4. The van der Waals surface area contributed by atoms with Crippen LogP contribution in [0.4, 0.5) is 5.69 Å². The van der Waals surface area contributed by atoms with E-state index in [0.29, 0.717) is 10.2 Å². The predicted molar refractivity (Wildman–Crippen MR) is 162 cm³/mol. The van der Waals surface area contributed by atoms with Crippen molar-refractivity contribution >= 4 is 59.4 Å².